The van der Waals surface area contributed by atoms with Crippen LogP contribution >= 0.6 is 0 Å². The Morgan fingerprint density at radius 3 is 1.90 bits per heavy atom. The Morgan fingerprint density at radius 1 is 0.667 bits per heavy atom. The van der Waals surface area contributed by atoms with Gasteiger partial charge in [0, 0.05) is 10.8 Å². The average molecular weight is 290 g/mol. The lowest BCUT2D eigenvalue weighted by Gasteiger charge is -2.22. The molecule has 0 atom stereocenters. The molecule has 0 radical (unpaired) electrons. The lowest BCUT2D eigenvalue weighted by Crippen LogP contribution is -2.29. The van der Waals surface area contributed by atoms with Gasteiger partial charge >= 0.3 is 0 Å². The smallest absolute Gasteiger partial charge is 0.242 e. The topological polar surface area (TPSA) is 9.23 Å². The molecule has 0 aliphatic rings. The summed E-state index contributed by atoms with van der Waals surface area (Å²) in [5.41, 5.74) is 0. The second-order valence-electron chi connectivity index (χ2n) is 6.63. The molecule has 0 bridgehead atoms. The Balaban J connectivity index is 2.15. The fourth-order valence-electron chi connectivity index (χ4n) is 3.13. The first-order chi connectivity index (χ1) is 10.0. The van der Waals surface area contributed by atoms with Crippen LogP contribution in [0.15, 0.2) is 54.6 Å². The third-order valence-electron chi connectivity index (χ3n) is 3.90. The van der Waals surface area contributed by atoms with Crippen molar-refractivity contribution in [3.05, 3.63) is 54.6 Å². The molecule has 0 aromatic heterocycles. The Kier molecular flexibility index (Phi) is 2.54. The number of hydrogen-bond donors (Lipinski definition) is 0. The van der Waals surface area contributed by atoms with Gasteiger partial charge in [-0.2, -0.15) is 0 Å². The van der Waals surface area contributed by atoms with Gasteiger partial charge in [0.05, 0.1) is 0 Å². The van der Waals surface area contributed by atoms with E-state index in [0.29, 0.717) is 0 Å². The Labute approximate surface area is 125 Å². The lowest BCUT2D eigenvalue weighted by molar-refractivity contribution is 0.564. The summed E-state index contributed by atoms with van der Waals surface area (Å²) in [5, 5.41) is 7.82. The zero-order chi connectivity index (χ0) is 14.6. The zero-order valence-electron chi connectivity index (χ0n) is 12.6. The van der Waals surface area contributed by atoms with Crippen LogP contribution in [0.3, 0.4) is 0 Å². The van der Waals surface area contributed by atoms with E-state index in [2.05, 4.69) is 74.2 Å². The third-order valence-corrected chi connectivity index (χ3v) is 4.74. The van der Waals surface area contributed by atoms with Gasteiger partial charge in [-0.3, -0.25) is 0 Å². The van der Waals surface area contributed by atoms with Crippen molar-refractivity contribution < 1.29 is 4.43 Å². The van der Waals surface area contributed by atoms with Gasteiger partial charge < -0.3 is 4.43 Å². The van der Waals surface area contributed by atoms with Crippen LogP contribution in [0.5, 0.6) is 5.75 Å². The second-order valence-corrected chi connectivity index (χ2v) is 11.1. The molecule has 0 aliphatic heterocycles. The van der Waals surface area contributed by atoms with Gasteiger partial charge in [0.25, 0.3) is 0 Å². The predicted molar refractivity (Wildman–Crippen MR) is 94.1 cm³/mol. The van der Waals surface area contributed by atoms with E-state index < -0.39 is 8.32 Å². The van der Waals surface area contributed by atoms with Gasteiger partial charge in [0.2, 0.25) is 8.32 Å². The maximum absolute atomic E-state index is 6.30. The van der Waals surface area contributed by atoms with E-state index in [1.165, 1.54) is 32.3 Å². The van der Waals surface area contributed by atoms with Crippen LogP contribution in [0.2, 0.25) is 19.6 Å². The standard InChI is InChI=1S/C19H18OSi/c1-21(2,3)20-17-12-10-15-8-7-13-5-4-6-14-9-11-16(17)19(15)18(13)14/h4-12H,1-3H3. The maximum Gasteiger partial charge on any atom is 0.242 e. The molecular formula is C19H18OSi. The van der Waals surface area contributed by atoms with Crippen molar-refractivity contribution in [2.24, 2.45) is 0 Å². The van der Waals surface area contributed by atoms with E-state index in [9.17, 15) is 0 Å². The molecule has 4 aromatic carbocycles. The molecule has 4 aromatic rings. The largest absolute Gasteiger partial charge is 0.544 e. The Bertz CT molecular complexity index is 934. The minimum absolute atomic E-state index is 1.03. The highest BCUT2D eigenvalue weighted by molar-refractivity contribution is 6.70. The van der Waals surface area contributed by atoms with Gasteiger partial charge in [-0.1, -0.05) is 48.5 Å². The van der Waals surface area contributed by atoms with Gasteiger partial charge in [0.1, 0.15) is 5.75 Å². The zero-order valence-corrected chi connectivity index (χ0v) is 13.6. The van der Waals surface area contributed by atoms with Crippen molar-refractivity contribution in [3.63, 3.8) is 0 Å². The van der Waals surface area contributed by atoms with Crippen LogP contribution in [-0.4, -0.2) is 8.32 Å². The van der Waals surface area contributed by atoms with E-state index in [-0.39, 0.29) is 0 Å². The van der Waals surface area contributed by atoms with Crippen LogP contribution in [0.25, 0.3) is 32.3 Å². The molecule has 0 N–H and O–H groups in total. The Hall–Kier alpha value is -2.06. The van der Waals surface area contributed by atoms with E-state index in [0.717, 1.165) is 5.75 Å². The quantitative estimate of drug-likeness (QED) is 0.335. The molecule has 0 saturated carbocycles. The summed E-state index contributed by atoms with van der Waals surface area (Å²) in [6.07, 6.45) is 0. The lowest BCUT2D eigenvalue weighted by atomic mass is 9.94. The van der Waals surface area contributed by atoms with Gasteiger partial charge in [-0.15, -0.1) is 0 Å². The minimum Gasteiger partial charge on any atom is -0.544 e. The Morgan fingerprint density at radius 2 is 1.24 bits per heavy atom. The van der Waals surface area contributed by atoms with Crippen LogP contribution in [-0.2, 0) is 0 Å². The van der Waals surface area contributed by atoms with Crippen molar-refractivity contribution >= 4 is 40.6 Å². The summed E-state index contributed by atoms with van der Waals surface area (Å²) < 4.78 is 6.30. The fourth-order valence-corrected chi connectivity index (χ4v) is 3.97. The molecule has 4 rings (SSSR count). The number of hydrogen-bond acceptors (Lipinski definition) is 1. The normalized spacial score (nSPS) is 12.5. The molecule has 21 heavy (non-hydrogen) atoms. The van der Waals surface area contributed by atoms with Crippen LogP contribution < -0.4 is 4.43 Å². The molecular weight excluding hydrogens is 272 g/mol. The predicted octanol–water partition coefficient (Wildman–Crippen LogP) is 5.80. The summed E-state index contributed by atoms with van der Waals surface area (Å²) in [4.78, 5) is 0. The van der Waals surface area contributed by atoms with Crippen molar-refractivity contribution in [2.45, 2.75) is 19.6 Å². The summed E-state index contributed by atoms with van der Waals surface area (Å²) >= 11 is 0. The van der Waals surface area contributed by atoms with Crippen molar-refractivity contribution in [2.75, 3.05) is 0 Å². The number of benzene rings is 4. The first-order valence-corrected chi connectivity index (χ1v) is 10.8. The third kappa shape index (κ3) is 1.98. The van der Waals surface area contributed by atoms with Crippen molar-refractivity contribution in [3.8, 4) is 5.75 Å². The van der Waals surface area contributed by atoms with E-state index in [1.807, 2.05) is 0 Å². The first kappa shape index (κ1) is 12.7. The first-order valence-electron chi connectivity index (χ1n) is 7.38. The van der Waals surface area contributed by atoms with E-state index >= 15 is 0 Å². The SMILES string of the molecule is C[Si](C)(C)Oc1ccc2ccc3cccc4ccc1c2c34. The van der Waals surface area contributed by atoms with E-state index in [4.69, 9.17) is 4.43 Å². The van der Waals surface area contributed by atoms with Gasteiger partial charge in [0.15, 0.2) is 0 Å². The summed E-state index contributed by atoms with van der Waals surface area (Å²) in [6.45, 7) is 6.68. The summed E-state index contributed by atoms with van der Waals surface area (Å²) in [6, 6.07) is 19.7. The maximum atomic E-state index is 6.30. The molecule has 104 valence electrons. The second kappa shape index (κ2) is 4.22. The summed E-state index contributed by atoms with van der Waals surface area (Å²) in [7, 11) is -1.61. The molecule has 0 unspecified atom stereocenters. The van der Waals surface area contributed by atoms with Crippen molar-refractivity contribution in [1.82, 2.24) is 0 Å². The molecule has 0 spiro atoms. The summed E-state index contributed by atoms with van der Waals surface area (Å²) in [5.74, 6) is 1.03. The van der Waals surface area contributed by atoms with Crippen LogP contribution in [0.1, 0.15) is 0 Å². The van der Waals surface area contributed by atoms with E-state index in [1.54, 1.807) is 0 Å². The number of rotatable bonds is 2. The molecule has 1 nitrogen and oxygen atoms in total. The van der Waals surface area contributed by atoms with Crippen LogP contribution in [0, 0.1) is 0 Å². The highest BCUT2D eigenvalue weighted by atomic mass is 28.4. The van der Waals surface area contributed by atoms with Crippen molar-refractivity contribution in [1.29, 1.82) is 0 Å². The monoisotopic (exact) mass is 290 g/mol. The fraction of sp³-hybridized carbons (Fsp3) is 0.158. The minimum atomic E-state index is -1.61. The molecule has 0 aliphatic carbocycles. The molecule has 2 heteroatoms. The molecule has 0 fully saturated rings. The molecule has 0 amide bonds. The highest BCUT2D eigenvalue weighted by Gasteiger charge is 2.19. The average Bonchev–Trinajstić information content (AvgIpc) is 2.45. The highest BCUT2D eigenvalue weighted by Crippen LogP contribution is 2.39. The van der Waals surface area contributed by atoms with Gasteiger partial charge in [-0.05, 0) is 47.3 Å². The molecule has 0 heterocycles. The van der Waals surface area contributed by atoms with Crippen LogP contribution in [0.4, 0.5) is 0 Å². The van der Waals surface area contributed by atoms with Gasteiger partial charge in [-0.25, -0.2) is 0 Å². The molecule has 0 saturated heterocycles.